The van der Waals surface area contributed by atoms with E-state index in [1.54, 1.807) is 53.4 Å². The summed E-state index contributed by atoms with van der Waals surface area (Å²) in [4.78, 5) is 29.5. The number of benzene rings is 3. The predicted octanol–water partition coefficient (Wildman–Crippen LogP) is 5.31. The summed E-state index contributed by atoms with van der Waals surface area (Å²) in [6.45, 7) is 0.242. The molecule has 2 aliphatic rings. The Morgan fingerprint density at radius 2 is 1.73 bits per heavy atom. The van der Waals surface area contributed by atoms with Gasteiger partial charge in [-0.15, -0.1) is 11.8 Å². The molecule has 6 nitrogen and oxygen atoms in total. The van der Waals surface area contributed by atoms with Crippen molar-refractivity contribution in [2.75, 3.05) is 31.4 Å². The lowest BCUT2D eigenvalue weighted by atomic mass is 10.0. The number of nitrogens with zero attached hydrogens (tertiary/aromatic N) is 2. The zero-order valence-corrected chi connectivity index (χ0v) is 20.9. The van der Waals surface area contributed by atoms with Crippen molar-refractivity contribution in [2.45, 2.75) is 17.6 Å². The van der Waals surface area contributed by atoms with E-state index in [0.717, 1.165) is 12.1 Å². The van der Waals surface area contributed by atoms with Crippen LogP contribution in [0.5, 0.6) is 11.5 Å². The lowest BCUT2D eigenvalue weighted by Crippen LogP contribution is -2.50. The second-order valence-electron chi connectivity index (χ2n) is 8.65. The first-order valence-corrected chi connectivity index (χ1v) is 12.4. The number of methoxy groups -OCH3 is 2. The van der Waals surface area contributed by atoms with E-state index < -0.39 is 16.6 Å². The number of ether oxygens (including phenoxy) is 2. The fraction of sp³-hybridized carbons (Fsp3) is 0.259. The topological polar surface area (TPSA) is 59.1 Å². The van der Waals surface area contributed by atoms with Gasteiger partial charge in [-0.3, -0.25) is 9.59 Å². The van der Waals surface area contributed by atoms with Crippen LogP contribution in [0.2, 0.25) is 0 Å². The van der Waals surface area contributed by atoms with Crippen molar-refractivity contribution >= 4 is 29.3 Å². The largest absolute Gasteiger partial charge is 0.497 e. The zero-order valence-electron chi connectivity index (χ0n) is 20.0. The van der Waals surface area contributed by atoms with Crippen molar-refractivity contribution in [3.63, 3.8) is 0 Å². The second kappa shape index (κ2) is 9.33. The second-order valence-corrected chi connectivity index (χ2v) is 9.94. The molecule has 10 heteroatoms. The third-order valence-corrected chi connectivity index (χ3v) is 7.98. The Kier molecular flexibility index (Phi) is 6.31. The van der Waals surface area contributed by atoms with Gasteiger partial charge in [0.15, 0.2) is 4.87 Å². The van der Waals surface area contributed by atoms with Crippen LogP contribution in [0.1, 0.15) is 27.0 Å². The molecule has 37 heavy (non-hydrogen) atoms. The van der Waals surface area contributed by atoms with E-state index in [0.29, 0.717) is 46.2 Å². The molecule has 2 heterocycles. The van der Waals surface area contributed by atoms with Gasteiger partial charge >= 0.3 is 6.18 Å². The third-order valence-electron chi connectivity index (χ3n) is 6.56. The van der Waals surface area contributed by atoms with Crippen LogP contribution in [0.4, 0.5) is 18.9 Å². The SMILES string of the molecule is COc1cccc(C(=O)N2CCSC23C(=O)N(Cc2cccc(C(F)(F)F)c2)c2ccc(OC)cc23)c1. The lowest BCUT2D eigenvalue weighted by Gasteiger charge is -2.33. The Morgan fingerprint density at radius 3 is 2.46 bits per heavy atom. The van der Waals surface area contributed by atoms with E-state index in [1.165, 1.54) is 36.9 Å². The number of anilines is 1. The maximum absolute atomic E-state index is 14.2. The van der Waals surface area contributed by atoms with Gasteiger partial charge in [0.2, 0.25) is 0 Å². The summed E-state index contributed by atoms with van der Waals surface area (Å²) >= 11 is 1.33. The van der Waals surface area contributed by atoms with Crippen LogP contribution in [-0.4, -0.2) is 43.2 Å². The Morgan fingerprint density at radius 1 is 1.00 bits per heavy atom. The molecule has 0 saturated carbocycles. The predicted molar refractivity (Wildman–Crippen MR) is 134 cm³/mol. The molecule has 0 radical (unpaired) electrons. The summed E-state index contributed by atoms with van der Waals surface area (Å²) in [6.07, 6.45) is -4.50. The number of halogens is 3. The van der Waals surface area contributed by atoms with E-state index in [-0.39, 0.29) is 18.4 Å². The number of carbonyl (C=O) groups is 2. The molecule has 1 saturated heterocycles. The maximum atomic E-state index is 14.2. The van der Waals surface area contributed by atoms with Crippen LogP contribution >= 0.6 is 11.8 Å². The van der Waals surface area contributed by atoms with E-state index in [1.807, 2.05) is 0 Å². The average Bonchev–Trinajstić information content (AvgIpc) is 3.44. The summed E-state index contributed by atoms with van der Waals surface area (Å²) in [7, 11) is 3.01. The average molecular weight is 529 g/mol. The number of rotatable bonds is 5. The summed E-state index contributed by atoms with van der Waals surface area (Å²) in [5.74, 6) is 0.805. The van der Waals surface area contributed by atoms with Crippen LogP contribution in [-0.2, 0) is 22.4 Å². The van der Waals surface area contributed by atoms with Gasteiger partial charge in [-0.1, -0.05) is 18.2 Å². The number of thioether (sulfide) groups is 1. The maximum Gasteiger partial charge on any atom is 0.416 e. The van der Waals surface area contributed by atoms with Gasteiger partial charge in [0.05, 0.1) is 32.0 Å². The van der Waals surface area contributed by atoms with Crippen molar-refractivity contribution in [1.29, 1.82) is 0 Å². The molecular weight excluding hydrogens is 505 g/mol. The molecule has 192 valence electrons. The molecule has 0 aromatic heterocycles. The standard InChI is InChI=1S/C27H23F3N2O4S/c1-35-20-8-4-6-18(14-20)24(33)32-11-12-37-26(32)22-15-21(36-2)9-10-23(22)31(25(26)34)16-17-5-3-7-19(13-17)27(28,29)30/h3-10,13-15H,11-12,16H2,1-2H3. The highest BCUT2D eigenvalue weighted by Gasteiger charge is 2.59. The van der Waals surface area contributed by atoms with Crippen molar-refractivity contribution in [3.05, 3.63) is 89.0 Å². The Bertz CT molecular complexity index is 1380. The van der Waals surface area contributed by atoms with Gasteiger partial charge < -0.3 is 19.3 Å². The monoisotopic (exact) mass is 528 g/mol. The first-order valence-electron chi connectivity index (χ1n) is 11.5. The summed E-state index contributed by atoms with van der Waals surface area (Å²) in [6, 6.07) is 16.8. The van der Waals surface area contributed by atoms with Crippen molar-refractivity contribution < 1.29 is 32.2 Å². The number of hydrogen-bond acceptors (Lipinski definition) is 5. The van der Waals surface area contributed by atoms with Crippen molar-refractivity contribution in [2.24, 2.45) is 0 Å². The first-order chi connectivity index (χ1) is 17.7. The van der Waals surface area contributed by atoms with Crippen LogP contribution in [0.25, 0.3) is 0 Å². The summed E-state index contributed by atoms with van der Waals surface area (Å²) < 4.78 is 50.6. The Balaban J connectivity index is 1.58. The Labute approximate surface area is 216 Å². The minimum absolute atomic E-state index is 0.0778. The number of alkyl halides is 3. The normalized spacial score (nSPS) is 18.9. The lowest BCUT2D eigenvalue weighted by molar-refractivity contribution is -0.137. The van der Waals surface area contributed by atoms with Crippen molar-refractivity contribution in [1.82, 2.24) is 4.90 Å². The highest BCUT2D eigenvalue weighted by molar-refractivity contribution is 8.01. The number of carbonyl (C=O) groups excluding carboxylic acids is 2. The molecule has 1 atom stereocenters. The summed E-state index contributed by atoms with van der Waals surface area (Å²) in [5, 5.41) is 0. The van der Waals surface area contributed by atoms with E-state index >= 15 is 0 Å². The quantitative estimate of drug-likeness (QED) is 0.449. The van der Waals surface area contributed by atoms with Gasteiger partial charge in [0, 0.05) is 23.4 Å². The van der Waals surface area contributed by atoms with Gasteiger partial charge in [-0.05, 0) is 54.1 Å². The van der Waals surface area contributed by atoms with E-state index in [9.17, 15) is 22.8 Å². The van der Waals surface area contributed by atoms with Crippen LogP contribution in [0, 0.1) is 0 Å². The molecule has 3 aromatic rings. The molecular formula is C27H23F3N2O4S. The highest BCUT2D eigenvalue weighted by atomic mass is 32.2. The van der Waals surface area contributed by atoms with Crippen LogP contribution in [0.15, 0.2) is 66.7 Å². The van der Waals surface area contributed by atoms with E-state index in [2.05, 4.69) is 0 Å². The number of fused-ring (bicyclic) bond motifs is 2. The molecule has 5 rings (SSSR count). The molecule has 1 fully saturated rings. The van der Waals surface area contributed by atoms with Gasteiger partial charge in [-0.2, -0.15) is 13.2 Å². The minimum atomic E-state index is -4.50. The van der Waals surface area contributed by atoms with Gasteiger partial charge in [0.25, 0.3) is 11.8 Å². The first kappa shape index (κ1) is 25.0. The molecule has 2 aliphatic heterocycles. The molecule has 0 aliphatic carbocycles. The van der Waals surface area contributed by atoms with Gasteiger partial charge in [0.1, 0.15) is 11.5 Å². The molecule has 3 aromatic carbocycles. The minimum Gasteiger partial charge on any atom is -0.497 e. The Hall–Kier alpha value is -3.66. The fourth-order valence-electron chi connectivity index (χ4n) is 4.82. The zero-order chi connectivity index (χ0) is 26.4. The molecule has 2 amide bonds. The molecule has 1 spiro atoms. The van der Waals surface area contributed by atoms with Crippen LogP contribution in [0.3, 0.4) is 0 Å². The van der Waals surface area contributed by atoms with Crippen LogP contribution < -0.4 is 14.4 Å². The third kappa shape index (κ3) is 4.19. The number of hydrogen-bond donors (Lipinski definition) is 0. The molecule has 0 N–H and O–H groups in total. The summed E-state index contributed by atoms with van der Waals surface area (Å²) in [5.41, 5.74) is 1.01. The number of amides is 2. The smallest absolute Gasteiger partial charge is 0.416 e. The highest BCUT2D eigenvalue weighted by Crippen LogP contribution is 2.55. The van der Waals surface area contributed by atoms with Crippen molar-refractivity contribution in [3.8, 4) is 11.5 Å². The molecule has 1 unspecified atom stereocenters. The molecule has 0 bridgehead atoms. The van der Waals surface area contributed by atoms with Gasteiger partial charge in [-0.25, -0.2) is 0 Å². The fourth-order valence-corrected chi connectivity index (χ4v) is 6.27. The van der Waals surface area contributed by atoms with E-state index in [4.69, 9.17) is 9.47 Å².